The van der Waals surface area contributed by atoms with Gasteiger partial charge in [0.2, 0.25) is 5.95 Å². The fourth-order valence-electron chi connectivity index (χ4n) is 4.25. The van der Waals surface area contributed by atoms with Gasteiger partial charge in [-0.05, 0) is 36.6 Å². The topological polar surface area (TPSA) is 65.1 Å². The van der Waals surface area contributed by atoms with E-state index < -0.39 is 0 Å². The molecule has 0 aliphatic carbocycles. The maximum absolute atomic E-state index is 13.4. The molecule has 7 heteroatoms. The normalized spacial score (nSPS) is 13.2. The van der Waals surface area contributed by atoms with Crippen LogP contribution in [-0.2, 0) is 26.6 Å². The van der Waals surface area contributed by atoms with Crippen molar-refractivity contribution in [1.29, 1.82) is 0 Å². The molecule has 31 heavy (non-hydrogen) atoms. The van der Waals surface area contributed by atoms with Crippen LogP contribution in [0.5, 0.6) is 0 Å². The van der Waals surface area contributed by atoms with Crippen molar-refractivity contribution in [1.82, 2.24) is 18.7 Å². The zero-order chi connectivity index (χ0) is 21.7. The summed E-state index contributed by atoms with van der Waals surface area (Å²) in [6.45, 7) is 5.78. The number of anilines is 2. The van der Waals surface area contributed by atoms with Gasteiger partial charge in [-0.1, -0.05) is 48.9 Å². The summed E-state index contributed by atoms with van der Waals surface area (Å²) in [7, 11) is 1.68. The van der Waals surface area contributed by atoms with E-state index >= 15 is 0 Å². The smallest absolute Gasteiger partial charge is 0.310 e. The fraction of sp³-hybridized carbons (Fsp3) is 0.292. The second-order valence-electron chi connectivity index (χ2n) is 8.13. The summed E-state index contributed by atoms with van der Waals surface area (Å²) in [5, 5.41) is 0. The SMILES string of the molecule is CCc1ccc(N2CCn3c2nc2c3c(=O)n(Cc3ccc(C)cc3)c(=O)n2C)cc1. The standard InChI is InChI=1S/C24H25N5O2/c1-4-17-9-11-19(12-10-17)27-13-14-28-20-21(25-23(27)28)26(3)24(31)29(22(20)30)15-18-7-5-16(2)6-8-18/h5-12H,4,13-15H2,1-3H3. The first-order chi connectivity index (χ1) is 15.0. The Balaban J connectivity index is 1.63. The number of benzene rings is 2. The first-order valence-corrected chi connectivity index (χ1v) is 10.6. The van der Waals surface area contributed by atoms with Crippen LogP contribution in [0.25, 0.3) is 11.2 Å². The highest BCUT2D eigenvalue weighted by Crippen LogP contribution is 2.31. The largest absolute Gasteiger partial charge is 0.332 e. The van der Waals surface area contributed by atoms with Gasteiger partial charge < -0.3 is 9.47 Å². The van der Waals surface area contributed by atoms with Crippen LogP contribution in [0.15, 0.2) is 58.1 Å². The third-order valence-electron chi connectivity index (χ3n) is 6.12. The number of aryl methyl sites for hydroxylation is 3. The van der Waals surface area contributed by atoms with E-state index in [4.69, 9.17) is 4.98 Å². The molecular weight excluding hydrogens is 390 g/mol. The van der Waals surface area contributed by atoms with Crippen molar-refractivity contribution in [2.75, 3.05) is 11.4 Å². The van der Waals surface area contributed by atoms with E-state index in [1.807, 2.05) is 35.8 Å². The van der Waals surface area contributed by atoms with Gasteiger partial charge in [-0.25, -0.2) is 4.79 Å². The average molecular weight is 415 g/mol. The summed E-state index contributed by atoms with van der Waals surface area (Å²) in [6.07, 6.45) is 0.988. The molecule has 0 spiro atoms. The Kier molecular flexibility index (Phi) is 4.54. The van der Waals surface area contributed by atoms with Crippen LogP contribution < -0.4 is 16.1 Å². The Morgan fingerprint density at radius 3 is 2.29 bits per heavy atom. The first-order valence-electron chi connectivity index (χ1n) is 10.6. The van der Waals surface area contributed by atoms with Gasteiger partial charge in [-0.3, -0.25) is 13.9 Å². The monoisotopic (exact) mass is 415 g/mol. The fourth-order valence-corrected chi connectivity index (χ4v) is 4.25. The first kappa shape index (κ1) is 19.4. The van der Waals surface area contributed by atoms with Crippen LogP contribution in [0.4, 0.5) is 11.6 Å². The number of nitrogens with zero attached hydrogens (tertiary/aromatic N) is 5. The van der Waals surface area contributed by atoms with E-state index in [1.165, 1.54) is 14.7 Å². The summed E-state index contributed by atoms with van der Waals surface area (Å²) in [5.74, 6) is 0.708. The van der Waals surface area contributed by atoms with E-state index in [1.54, 1.807) is 7.05 Å². The minimum Gasteiger partial charge on any atom is -0.310 e. The summed E-state index contributed by atoms with van der Waals surface area (Å²) < 4.78 is 4.73. The zero-order valence-electron chi connectivity index (χ0n) is 18.0. The molecule has 0 bridgehead atoms. The molecule has 0 atom stereocenters. The van der Waals surface area contributed by atoms with Crippen LogP contribution in [-0.4, -0.2) is 25.2 Å². The molecule has 158 valence electrons. The molecular formula is C24H25N5O2. The lowest BCUT2D eigenvalue weighted by atomic mass is 10.1. The van der Waals surface area contributed by atoms with Gasteiger partial charge in [0.15, 0.2) is 11.2 Å². The zero-order valence-corrected chi connectivity index (χ0v) is 18.0. The third-order valence-corrected chi connectivity index (χ3v) is 6.12. The van der Waals surface area contributed by atoms with Gasteiger partial charge in [0.05, 0.1) is 6.54 Å². The molecule has 4 aromatic rings. The maximum Gasteiger partial charge on any atom is 0.332 e. The molecule has 2 aromatic carbocycles. The van der Waals surface area contributed by atoms with E-state index in [0.717, 1.165) is 29.8 Å². The highest BCUT2D eigenvalue weighted by Gasteiger charge is 2.28. The number of aromatic nitrogens is 4. The Labute approximate surface area is 179 Å². The van der Waals surface area contributed by atoms with Crippen molar-refractivity contribution >= 4 is 22.8 Å². The molecule has 5 rings (SSSR count). The number of fused-ring (bicyclic) bond motifs is 3. The van der Waals surface area contributed by atoms with E-state index in [2.05, 4.69) is 36.1 Å². The second-order valence-corrected chi connectivity index (χ2v) is 8.13. The summed E-state index contributed by atoms with van der Waals surface area (Å²) in [5.41, 5.74) is 4.64. The minimum absolute atomic E-state index is 0.241. The lowest BCUT2D eigenvalue weighted by Crippen LogP contribution is -2.40. The van der Waals surface area contributed by atoms with E-state index in [-0.39, 0.29) is 17.8 Å². The lowest BCUT2D eigenvalue weighted by Gasteiger charge is -2.16. The number of imidazole rings is 1. The van der Waals surface area contributed by atoms with Crippen LogP contribution in [0, 0.1) is 6.92 Å². The average Bonchev–Trinajstić information content (AvgIpc) is 3.36. The van der Waals surface area contributed by atoms with Crippen molar-refractivity contribution < 1.29 is 0 Å². The van der Waals surface area contributed by atoms with Crippen molar-refractivity contribution in [2.24, 2.45) is 7.05 Å². The van der Waals surface area contributed by atoms with Crippen LogP contribution >= 0.6 is 0 Å². The Morgan fingerprint density at radius 1 is 0.935 bits per heavy atom. The number of rotatable bonds is 4. The van der Waals surface area contributed by atoms with Crippen molar-refractivity contribution in [3.05, 3.63) is 86.1 Å². The molecule has 0 saturated carbocycles. The van der Waals surface area contributed by atoms with Gasteiger partial charge in [0.25, 0.3) is 5.56 Å². The molecule has 3 heterocycles. The number of hydrogen-bond acceptors (Lipinski definition) is 4. The molecule has 0 N–H and O–H groups in total. The van der Waals surface area contributed by atoms with Crippen molar-refractivity contribution in [2.45, 2.75) is 33.4 Å². The van der Waals surface area contributed by atoms with E-state index in [9.17, 15) is 9.59 Å². The molecule has 0 unspecified atom stereocenters. The number of hydrogen-bond donors (Lipinski definition) is 0. The molecule has 0 saturated heterocycles. The van der Waals surface area contributed by atoms with Crippen molar-refractivity contribution in [3.8, 4) is 0 Å². The molecule has 1 aliphatic rings. The Morgan fingerprint density at radius 2 is 1.61 bits per heavy atom. The van der Waals surface area contributed by atoms with Gasteiger partial charge in [0.1, 0.15) is 0 Å². The van der Waals surface area contributed by atoms with Gasteiger partial charge in [-0.15, -0.1) is 0 Å². The maximum atomic E-state index is 13.4. The molecule has 0 amide bonds. The van der Waals surface area contributed by atoms with E-state index in [0.29, 0.717) is 23.7 Å². The van der Waals surface area contributed by atoms with Crippen LogP contribution in [0.3, 0.4) is 0 Å². The summed E-state index contributed by atoms with van der Waals surface area (Å²) in [6, 6.07) is 16.3. The predicted octanol–water partition coefficient (Wildman–Crippen LogP) is 2.97. The van der Waals surface area contributed by atoms with Gasteiger partial charge in [-0.2, -0.15) is 4.98 Å². The van der Waals surface area contributed by atoms with Crippen molar-refractivity contribution in [3.63, 3.8) is 0 Å². The molecule has 0 radical (unpaired) electrons. The van der Waals surface area contributed by atoms with Crippen LogP contribution in [0.1, 0.15) is 23.6 Å². The highest BCUT2D eigenvalue weighted by atomic mass is 16.2. The molecule has 2 aromatic heterocycles. The predicted molar refractivity (Wildman–Crippen MR) is 122 cm³/mol. The Bertz CT molecular complexity index is 1390. The summed E-state index contributed by atoms with van der Waals surface area (Å²) >= 11 is 0. The second kappa shape index (κ2) is 7.27. The van der Waals surface area contributed by atoms with Crippen LogP contribution in [0.2, 0.25) is 0 Å². The third kappa shape index (κ3) is 3.08. The minimum atomic E-state index is -0.353. The van der Waals surface area contributed by atoms with Gasteiger partial charge >= 0.3 is 5.69 Å². The Hall–Kier alpha value is -3.61. The van der Waals surface area contributed by atoms with Gasteiger partial charge in [0, 0.05) is 25.8 Å². The molecule has 0 fully saturated rings. The summed E-state index contributed by atoms with van der Waals surface area (Å²) in [4.78, 5) is 33.2. The quantitative estimate of drug-likeness (QED) is 0.514. The molecule has 1 aliphatic heterocycles. The highest BCUT2D eigenvalue weighted by molar-refractivity contribution is 5.77. The lowest BCUT2D eigenvalue weighted by molar-refractivity contribution is 0.652. The molecule has 7 nitrogen and oxygen atoms in total.